The fourth-order valence-corrected chi connectivity index (χ4v) is 2.19. The molecule has 1 aromatic rings. The number of fused-ring (bicyclic) bond motifs is 1. The van der Waals surface area contributed by atoms with E-state index < -0.39 is 17.7 Å². The first-order valence-corrected chi connectivity index (χ1v) is 6.18. The summed E-state index contributed by atoms with van der Waals surface area (Å²) in [5.41, 5.74) is 2.29. The van der Waals surface area contributed by atoms with Gasteiger partial charge in [0, 0.05) is 12.1 Å². The molecular weight excluding hydrogens is 258 g/mol. The summed E-state index contributed by atoms with van der Waals surface area (Å²) in [6.45, 7) is 3.62. The number of benzene rings is 1. The number of Topliss-reactive ketones (excluding diaryl/α,β-unsaturated/α-hetero) is 1. The van der Waals surface area contributed by atoms with Gasteiger partial charge in [0.05, 0.1) is 18.4 Å². The van der Waals surface area contributed by atoms with E-state index >= 15 is 0 Å². The van der Waals surface area contributed by atoms with E-state index in [1.54, 1.807) is 25.1 Å². The summed E-state index contributed by atoms with van der Waals surface area (Å²) in [5.74, 6) is -1.52. The summed E-state index contributed by atoms with van der Waals surface area (Å²) >= 11 is 0. The molecule has 20 heavy (non-hydrogen) atoms. The third-order valence-electron chi connectivity index (χ3n) is 3.28. The van der Waals surface area contributed by atoms with Gasteiger partial charge < -0.3 is 9.64 Å². The van der Waals surface area contributed by atoms with Gasteiger partial charge in [-0.1, -0.05) is 18.2 Å². The second-order valence-electron chi connectivity index (χ2n) is 4.59. The van der Waals surface area contributed by atoms with Crippen LogP contribution < -0.4 is 4.90 Å². The third-order valence-corrected chi connectivity index (χ3v) is 3.28. The van der Waals surface area contributed by atoms with E-state index in [1.165, 1.54) is 12.0 Å². The van der Waals surface area contributed by atoms with Gasteiger partial charge in [0.1, 0.15) is 0 Å². The van der Waals surface area contributed by atoms with Crippen molar-refractivity contribution in [3.63, 3.8) is 0 Å². The average Bonchev–Trinajstić information content (AvgIpc) is 2.69. The number of ketones is 1. The highest BCUT2D eigenvalue weighted by Gasteiger charge is 2.36. The molecule has 1 heterocycles. The van der Waals surface area contributed by atoms with Crippen molar-refractivity contribution in [3.05, 3.63) is 41.0 Å². The van der Waals surface area contributed by atoms with Crippen LogP contribution in [0.25, 0.3) is 0 Å². The van der Waals surface area contributed by atoms with Crippen molar-refractivity contribution in [3.8, 4) is 0 Å². The molecule has 0 N–H and O–H groups in total. The molecular formula is C15H15NO4. The summed E-state index contributed by atoms with van der Waals surface area (Å²) < 4.78 is 4.59. The quantitative estimate of drug-likeness (QED) is 0.477. The standard InChI is InChI=1S/C15H15NO4/c1-9-5-4-6-11-12(9)16(14(18)13(11)17)8-7-10(2)15(19)20-3/h4-7H,8H2,1-3H3. The third kappa shape index (κ3) is 2.22. The van der Waals surface area contributed by atoms with Crippen molar-refractivity contribution in [2.45, 2.75) is 13.8 Å². The number of methoxy groups -OCH3 is 1. The molecule has 0 bridgehead atoms. The Labute approximate surface area is 116 Å². The van der Waals surface area contributed by atoms with Crippen LogP contribution in [-0.4, -0.2) is 31.3 Å². The molecule has 5 nitrogen and oxygen atoms in total. The fraction of sp³-hybridized carbons (Fsp3) is 0.267. The first kappa shape index (κ1) is 14.0. The van der Waals surface area contributed by atoms with Crippen LogP contribution in [0.2, 0.25) is 0 Å². The van der Waals surface area contributed by atoms with Crippen LogP contribution >= 0.6 is 0 Å². The lowest BCUT2D eigenvalue weighted by Gasteiger charge is -2.16. The van der Waals surface area contributed by atoms with Gasteiger partial charge >= 0.3 is 5.97 Å². The summed E-state index contributed by atoms with van der Waals surface area (Å²) in [4.78, 5) is 36.6. The molecule has 0 aliphatic carbocycles. The Bertz CT molecular complexity index is 631. The number of hydrogen-bond acceptors (Lipinski definition) is 4. The number of carbonyl (C=O) groups is 3. The summed E-state index contributed by atoms with van der Waals surface area (Å²) in [6, 6.07) is 5.23. The zero-order chi connectivity index (χ0) is 14.9. The molecule has 5 heteroatoms. The van der Waals surface area contributed by atoms with Gasteiger partial charge in [0.25, 0.3) is 11.7 Å². The van der Waals surface area contributed by atoms with Crippen molar-refractivity contribution in [1.82, 2.24) is 0 Å². The van der Waals surface area contributed by atoms with Crippen molar-refractivity contribution >= 4 is 23.3 Å². The Kier molecular flexibility index (Phi) is 3.70. The van der Waals surface area contributed by atoms with Crippen LogP contribution in [0, 0.1) is 6.92 Å². The van der Waals surface area contributed by atoms with Crippen molar-refractivity contribution in [2.75, 3.05) is 18.6 Å². The van der Waals surface area contributed by atoms with Crippen molar-refractivity contribution < 1.29 is 19.1 Å². The number of ether oxygens (including phenoxy) is 1. The second kappa shape index (κ2) is 5.28. The van der Waals surface area contributed by atoms with Gasteiger partial charge in [-0.3, -0.25) is 9.59 Å². The maximum atomic E-state index is 12.0. The van der Waals surface area contributed by atoms with E-state index in [4.69, 9.17) is 0 Å². The Morgan fingerprint density at radius 3 is 2.70 bits per heavy atom. The molecule has 0 saturated heterocycles. The Morgan fingerprint density at radius 1 is 1.35 bits per heavy atom. The van der Waals surface area contributed by atoms with Crippen LogP contribution in [0.3, 0.4) is 0 Å². The molecule has 0 spiro atoms. The van der Waals surface area contributed by atoms with Gasteiger partial charge in [-0.2, -0.15) is 0 Å². The number of para-hydroxylation sites is 1. The normalized spacial score (nSPS) is 14.6. The van der Waals surface area contributed by atoms with E-state index in [1.807, 2.05) is 13.0 Å². The zero-order valence-corrected chi connectivity index (χ0v) is 11.6. The molecule has 0 radical (unpaired) electrons. The molecule has 0 saturated carbocycles. The molecule has 1 amide bonds. The number of hydrogen-bond donors (Lipinski definition) is 0. The molecule has 0 unspecified atom stereocenters. The molecule has 1 aromatic carbocycles. The van der Waals surface area contributed by atoms with Crippen LogP contribution in [0.4, 0.5) is 5.69 Å². The summed E-state index contributed by atoms with van der Waals surface area (Å²) in [5, 5.41) is 0. The van der Waals surface area contributed by atoms with Gasteiger partial charge in [-0.15, -0.1) is 0 Å². The number of anilines is 1. The minimum Gasteiger partial charge on any atom is -0.466 e. The molecule has 0 aromatic heterocycles. The second-order valence-corrected chi connectivity index (χ2v) is 4.59. The van der Waals surface area contributed by atoms with Crippen molar-refractivity contribution in [1.29, 1.82) is 0 Å². The topological polar surface area (TPSA) is 63.7 Å². The van der Waals surface area contributed by atoms with Crippen LogP contribution in [0.1, 0.15) is 22.8 Å². The van der Waals surface area contributed by atoms with Gasteiger partial charge in [-0.05, 0) is 25.5 Å². The molecule has 104 valence electrons. The van der Waals surface area contributed by atoms with E-state index in [0.717, 1.165) is 5.56 Å². The van der Waals surface area contributed by atoms with Crippen LogP contribution in [-0.2, 0) is 14.3 Å². The van der Waals surface area contributed by atoms with Crippen molar-refractivity contribution in [2.24, 2.45) is 0 Å². The number of esters is 1. The van der Waals surface area contributed by atoms with E-state index in [2.05, 4.69) is 4.74 Å². The molecule has 0 atom stereocenters. The van der Waals surface area contributed by atoms with E-state index in [-0.39, 0.29) is 6.54 Å². The Hall–Kier alpha value is -2.43. The lowest BCUT2D eigenvalue weighted by Crippen LogP contribution is -2.30. The molecule has 0 fully saturated rings. The SMILES string of the molecule is COC(=O)C(C)=CCN1C(=O)C(=O)c2cccc(C)c21. The van der Waals surface area contributed by atoms with Crippen LogP contribution in [0.5, 0.6) is 0 Å². The number of amides is 1. The number of rotatable bonds is 3. The van der Waals surface area contributed by atoms with Gasteiger partial charge in [0.15, 0.2) is 0 Å². The minimum atomic E-state index is -0.566. The molecule has 1 aliphatic heterocycles. The maximum Gasteiger partial charge on any atom is 0.333 e. The molecule has 2 rings (SSSR count). The highest BCUT2D eigenvalue weighted by atomic mass is 16.5. The zero-order valence-electron chi connectivity index (χ0n) is 11.6. The first-order valence-electron chi connectivity index (χ1n) is 6.18. The smallest absolute Gasteiger partial charge is 0.333 e. The summed E-state index contributed by atoms with van der Waals surface area (Å²) in [7, 11) is 1.30. The predicted molar refractivity (Wildman–Crippen MR) is 73.6 cm³/mol. The highest BCUT2D eigenvalue weighted by Crippen LogP contribution is 2.32. The van der Waals surface area contributed by atoms with Gasteiger partial charge in [0.2, 0.25) is 0 Å². The van der Waals surface area contributed by atoms with Gasteiger partial charge in [-0.25, -0.2) is 4.79 Å². The summed E-state index contributed by atoms with van der Waals surface area (Å²) in [6.07, 6.45) is 1.58. The number of nitrogens with zero attached hydrogens (tertiary/aromatic N) is 1. The number of carbonyl (C=O) groups excluding carboxylic acids is 3. The van der Waals surface area contributed by atoms with E-state index in [9.17, 15) is 14.4 Å². The highest BCUT2D eigenvalue weighted by molar-refractivity contribution is 6.52. The first-order chi connectivity index (χ1) is 9.47. The Morgan fingerprint density at radius 2 is 2.05 bits per heavy atom. The predicted octanol–water partition coefficient (Wildman–Crippen LogP) is 1.64. The minimum absolute atomic E-state index is 0.170. The number of aryl methyl sites for hydroxylation is 1. The largest absolute Gasteiger partial charge is 0.466 e. The Balaban J connectivity index is 2.33. The lowest BCUT2D eigenvalue weighted by molar-refractivity contribution is -0.136. The average molecular weight is 273 g/mol. The molecule has 1 aliphatic rings. The monoisotopic (exact) mass is 273 g/mol. The lowest BCUT2D eigenvalue weighted by atomic mass is 10.1. The fourth-order valence-electron chi connectivity index (χ4n) is 2.19. The van der Waals surface area contributed by atoms with E-state index in [0.29, 0.717) is 16.8 Å². The van der Waals surface area contributed by atoms with Crippen LogP contribution in [0.15, 0.2) is 29.8 Å². The maximum absolute atomic E-state index is 12.0.